The number of carbonyl (C=O) groups is 1. The van der Waals surface area contributed by atoms with E-state index in [1.165, 1.54) is 19.3 Å². The van der Waals surface area contributed by atoms with Gasteiger partial charge in [-0.2, -0.15) is 5.06 Å². The molecule has 5 N–H and O–H groups in total. The van der Waals surface area contributed by atoms with Crippen LogP contribution in [0.2, 0.25) is 0 Å². The average Bonchev–Trinajstić information content (AvgIpc) is 2.70. The van der Waals surface area contributed by atoms with Gasteiger partial charge in [-0.15, -0.1) is 0 Å². The zero-order valence-corrected chi connectivity index (χ0v) is 18.5. The monoisotopic (exact) mass is 416 g/mol. The molecule has 1 rings (SSSR count). The molecule has 1 fully saturated rings. The Morgan fingerprint density at radius 2 is 1.45 bits per heavy atom. The first kappa shape index (κ1) is 26.2. The number of hydrogen-bond donors (Lipinski definition) is 5. The van der Waals surface area contributed by atoms with Crippen LogP contribution in [-0.4, -0.2) is 113 Å². The number of carboxylic acids is 1. The summed E-state index contributed by atoms with van der Waals surface area (Å²) in [7, 11) is 4.30. The second kappa shape index (κ2) is 18.0. The molecule has 1 heterocycles. The summed E-state index contributed by atoms with van der Waals surface area (Å²) in [4.78, 5) is 18.6. The molecule has 9 nitrogen and oxygen atoms in total. The first-order valence-corrected chi connectivity index (χ1v) is 11.2. The Morgan fingerprint density at radius 1 is 0.897 bits per heavy atom. The van der Waals surface area contributed by atoms with Gasteiger partial charge in [0.2, 0.25) is 0 Å². The summed E-state index contributed by atoms with van der Waals surface area (Å²) in [6.45, 7) is 9.16. The number of carboxylic acid groups (broad SMARTS) is 1. The highest BCUT2D eigenvalue weighted by Gasteiger charge is 2.14. The molecule has 0 amide bonds. The van der Waals surface area contributed by atoms with E-state index in [1.54, 1.807) is 0 Å². The molecule has 172 valence electrons. The minimum atomic E-state index is -0.818. The number of nitrogens with one attached hydrogen (secondary N) is 4. The molecule has 1 aliphatic rings. The van der Waals surface area contributed by atoms with Crippen LogP contribution in [0, 0.1) is 0 Å². The van der Waals surface area contributed by atoms with Crippen molar-refractivity contribution in [3.05, 3.63) is 0 Å². The first-order valence-electron chi connectivity index (χ1n) is 11.2. The van der Waals surface area contributed by atoms with Gasteiger partial charge in [-0.3, -0.25) is 9.63 Å². The van der Waals surface area contributed by atoms with E-state index in [0.29, 0.717) is 12.6 Å². The summed E-state index contributed by atoms with van der Waals surface area (Å²) >= 11 is 0. The molecule has 0 aliphatic carbocycles. The van der Waals surface area contributed by atoms with E-state index in [-0.39, 0.29) is 6.54 Å². The Hall–Kier alpha value is -0.810. The topological polar surface area (TPSA) is 101 Å². The van der Waals surface area contributed by atoms with Crippen LogP contribution in [0.1, 0.15) is 32.1 Å². The molecular weight excluding hydrogens is 372 g/mol. The lowest BCUT2D eigenvalue weighted by molar-refractivity contribution is -0.171. The van der Waals surface area contributed by atoms with E-state index in [9.17, 15) is 4.79 Å². The molecule has 0 spiro atoms. The molecule has 0 aromatic carbocycles. The summed E-state index contributed by atoms with van der Waals surface area (Å²) in [6.07, 6.45) is 6.05. The Morgan fingerprint density at radius 3 is 2.00 bits per heavy atom. The maximum atomic E-state index is 10.3. The summed E-state index contributed by atoms with van der Waals surface area (Å²) in [5.41, 5.74) is 0. The minimum Gasteiger partial charge on any atom is -0.480 e. The number of aliphatic carboxylic acids is 1. The van der Waals surface area contributed by atoms with E-state index in [4.69, 9.17) is 9.94 Å². The van der Waals surface area contributed by atoms with Gasteiger partial charge in [0.15, 0.2) is 0 Å². The van der Waals surface area contributed by atoms with Crippen LogP contribution >= 0.6 is 0 Å². The van der Waals surface area contributed by atoms with E-state index >= 15 is 0 Å². The number of rotatable bonds is 19. The fraction of sp³-hybridized carbons (Fsp3) is 0.950. The third kappa shape index (κ3) is 15.7. The average molecular weight is 417 g/mol. The van der Waals surface area contributed by atoms with Crippen LogP contribution in [-0.2, 0) is 9.63 Å². The van der Waals surface area contributed by atoms with Gasteiger partial charge in [0.25, 0.3) is 0 Å². The maximum Gasteiger partial charge on any atom is 0.317 e. The Bertz CT molecular complexity index is 394. The van der Waals surface area contributed by atoms with Gasteiger partial charge in [-0.1, -0.05) is 6.42 Å². The fourth-order valence-corrected chi connectivity index (χ4v) is 3.34. The van der Waals surface area contributed by atoms with Gasteiger partial charge in [0.1, 0.15) is 0 Å². The largest absolute Gasteiger partial charge is 0.480 e. The van der Waals surface area contributed by atoms with Crippen molar-refractivity contribution in [3.63, 3.8) is 0 Å². The van der Waals surface area contributed by atoms with Gasteiger partial charge in [0, 0.05) is 58.4 Å². The number of nitrogens with zero attached hydrogens (tertiary/aromatic N) is 2. The molecule has 0 aromatic rings. The van der Waals surface area contributed by atoms with Crippen molar-refractivity contribution in [1.82, 2.24) is 31.2 Å². The van der Waals surface area contributed by atoms with E-state index in [0.717, 1.165) is 71.8 Å². The molecule has 9 heteroatoms. The lowest BCUT2D eigenvalue weighted by atomic mass is 10.1. The second-order valence-corrected chi connectivity index (χ2v) is 7.84. The van der Waals surface area contributed by atoms with Crippen LogP contribution in [0.25, 0.3) is 0 Å². The molecule has 1 atom stereocenters. The normalized spacial score (nSPS) is 16.4. The van der Waals surface area contributed by atoms with Crippen molar-refractivity contribution in [2.45, 2.75) is 38.1 Å². The molecule has 1 saturated heterocycles. The molecule has 0 bridgehead atoms. The van der Waals surface area contributed by atoms with E-state index in [2.05, 4.69) is 45.3 Å². The zero-order valence-electron chi connectivity index (χ0n) is 18.5. The van der Waals surface area contributed by atoms with Crippen molar-refractivity contribution in [2.75, 3.05) is 86.1 Å². The van der Waals surface area contributed by atoms with Gasteiger partial charge in [-0.25, -0.2) is 0 Å². The first-order chi connectivity index (χ1) is 14.1. The smallest absolute Gasteiger partial charge is 0.317 e. The Kier molecular flexibility index (Phi) is 16.3. The van der Waals surface area contributed by atoms with E-state index < -0.39 is 5.97 Å². The molecule has 1 unspecified atom stereocenters. The quantitative estimate of drug-likeness (QED) is 0.179. The predicted octanol–water partition coefficient (Wildman–Crippen LogP) is -0.443. The number of piperidine rings is 1. The van der Waals surface area contributed by atoms with Crippen molar-refractivity contribution in [3.8, 4) is 0 Å². The Balaban J connectivity index is 1.89. The van der Waals surface area contributed by atoms with Gasteiger partial charge >= 0.3 is 5.97 Å². The fourth-order valence-electron chi connectivity index (χ4n) is 3.34. The Labute approximate surface area is 176 Å². The molecule has 0 radical (unpaired) electrons. The van der Waals surface area contributed by atoms with Crippen LogP contribution in [0.4, 0.5) is 0 Å². The highest BCUT2D eigenvalue weighted by Crippen LogP contribution is 2.10. The molecule has 29 heavy (non-hydrogen) atoms. The summed E-state index contributed by atoms with van der Waals surface area (Å²) < 4.78 is 0. The van der Waals surface area contributed by atoms with Crippen molar-refractivity contribution in [2.24, 2.45) is 0 Å². The van der Waals surface area contributed by atoms with Crippen molar-refractivity contribution >= 4 is 5.97 Å². The van der Waals surface area contributed by atoms with E-state index in [1.807, 2.05) is 0 Å². The lowest BCUT2D eigenvalue weighted by Crippen LogP contribution is -2.37. The van der Waals surface area contributed by atoms with Gasteiger partial charge in [0.05, 0.1) is 13.2 Å². The van der Waals surface area contributed by atoms with Crippen LogP contribution in [0.5, 0.6) is 0 Å². The predicted molar refractivity (Wildman–Crippen MR) is 117 cm³/mol. The van der Waals surface area contributed by atoms with Crippen LogP contribution < -0.4 is 21.3 Å². The van der Waals surface area contributed by atoms with Gasteiger partial charge in [-0.05, 0) is 46.3 Å². The number of hydroxylamine groups is 2. The molecule has 0 aromatic heterocycles. The zero-order chi connectivity index (χ0) is 21.2. The highest BCUT2D eigenvalue weighted by atomic mass is 16.7. The summed E-state index contributed by atoms with van der Waals surface area (Å²) in [6, 6.07) is 0.541. The SMILES string of the molecule is CN(C)C(CCNCCNCCNCCNCC(=O)O)CCON1CCCCC1. The maximum absolute atomic E-state index is 10.3. The molecule has 0 saturated carbocycles. The third-order valence-electron chi connectivity index (χ3n) is 5.14. The number of hydrogen-bond acceptors (Lipinski definition) is 8. The van der Waals surface area contributed by atoms with Crippen LogP contribution in [0.15, 0.2) is 0 Å². The standard InChI is InChI=1S/C20H44N6O3/c1-25(2)19(7-17-29-26-15-4-3-5-16-26)6-8-21-9-10-22-11-12-23-13-14-24-18-20(27)28/h19,21-24H,3-18H2,1-2H3,(H,27,28). The molecular formula is C20H44N6O3. The highest BCUT2D eigenvalue weighted by molar-refractivity contribution is 5.68. The van der Waals surface area contributed by atoms with Crippen molar-refractivity contribution < 1.29 is 14.7 Å². The van der Waals surface area contributed by atoms with Crippen LogP contribution in [0.3, 0.4) is 0 Å². The van der Waals surface area contributed by atoms with Gasteiger partial charge < -0.3 is 31.3 Å². The van der Waals surface area contributed by atoms with Crippen molar-refractivity contribution in [1.29, 1.82) is 0 Å². The lowest BCUT2D eigenvalue weighted by Gasteiger charge is -2.28. The second-order valence-electron chi connectivity index (χ2n) is 7.84. The molecule has 1 aliphatic heterocycles. The third-order valence-corrected chi connectivity index (χ3v) is 5.14. The summed E-state index contributed by atoms with van der Waals surface area (Å²) in [5.74, 6) is -0.818. The minimum absolute atomic E-state index is 0.0196. The summed E-state index contributed by atoms with van der Waals surface area (Å²) in [5, 5.41) is 23.7.